The molecule has 0 heterocycles. The highest BCUT2D eigenvalue weighted by Crippen LogP contribution is 2.23. The molecular formula is C13H25BrO. The van der Waals surface area contributed by atoms with E-state index in [1.54, 1.807) is 0 Å². The molecule has 0 saturated heterocycles. The number of alkyl halides is 1. The van der Waals surface area contributed by atoms with Crippen LogP contribution in [0.1, 0.15) is 53.4 Å². The lowest BCUT2D eigenvalue weighted by Crippen LogP contribution is -2.27. The molecule has 0 aromatic rings. The van der Waals surface area contributed by atoms with Crippen LogP contribution in [-0.2, 0) is 4.74 Å². The van der Waals surface area contributed by atoms with Crippen molar-refractivity contribution in [3.8, 4) is 0 Å². The van der Waals surface area contributed by atoms with E-state index in [0.29, 0.717) is 0 Å². The minimum Gasteiger partial charge on any atom is -0.376 e. The zero-order valence-electron chi connectivity index (χ0n) is 10.6. The van der Waals surface area contributed by atoms with Gasteiger partial charge < -0.3 is 4.74 Å². The zero-order valence-corrected chi connectivity index (χ0v) is 12.2. The Hall–Kier alpha value is 0.180. The lowest BCUT2D eigenvalue weighted by Gasteiger charge is -2.28. The summed E-state index contributed by atoms with van der Waals surface area (Å²) in [6, 6.07) is 0. The van der Waals surface area contributed by atoms with E-state index in [-0.39, 0.29) is 5.60 Å². The van der Waals surface area contributed by atoms with Gasteiger partial charge >= 0.3 is 0 Å². The number of hydrogen-bond acceptors (Lipinski definition) is 1. The van der Waals surface area contributed by atoms with Crippen molar-refractivity contribution in [3.05, 3.63) is 11.6 Å². The highest BCUT2D eigenvalue weighted by Gasteiger charge is 2.21. The number of rotatable bonds is 8. The van der Waals surface area contributed by atoms with Crippen molar-refractivity contribution < 1.29 is 4.74 Å². The van der Waals surface area contributed by atoms with Crippen LogP contribution in [0, 0.1) is 0 Å². The molecule has 1 atom stereocenters. The second kappa shape index (κ2) is 8.35. The maximum absolute atomic E-state index is 5.79. The van der Waals surface area contributed by atoms with Crippen LogP contribution in [0.4, 0.5) is 0 Å². The molecule has 0 aromatic carbocycles. The van der Waals surface area contributed by atoms with Crippen LogP contribution < -0.4 is 0 Å². The van der Waals surface area contributed by atoms with Crippen LogP contribution in [0.15, 0.2) is 11.6 Å². The van der Waals surface area contributed by atoms with E-state index in [1.807, 2.05) is 0 Å². The van der Waals surface area contributed by atoms with Crippen LogP contribution in [0.5, 0.6) is 0 Å². The number of halogens is 1. The first kappa shape index (κ1) is 15.2. The summed E-state index contributed by atoms with van der Waals surface area (Å²) < 4.78 is 5.79. The van der Waals surface area contributed by atoms with Crippen LogP contribution in [-0.4, -0.2) is 17.5 Å². The molecule has 0 radical (unpaired) electrons. The van der Waals surface area contributed by atoms with Gasteiger partial charge in [-0.2, -0.15) is 0 Å². The van der Waals surface area contributed by atoms with Gasteiger partial charge in [0, 0.05) is 11.9 Å². The Morgan fingerprint density at radius 2 is 2.07 bits per heavy atom. The molecule has 0 spiro atoms. The Labute approximate surface area is 103 Å². The van der Waals surface area contributed by atoms with Gasteiger partial charge in [-0.1, -0.05) is 34.5 Å². The van der Waals surface area contributed by atoms with E-state index < -0.39 is 0 Å². The Morgan fingerprint density at radius 1 is 1.40 bits per heavy atom. The van der Waals surface area contributed by atoms with Crippen LogP contribution in [0.2, 0.25) is 0 Å². The van der Waals surface area contributed by atoms with E-state index in [0.717, 1.165) is 24.8 Å². The van der Waals surface area contributed by atoms with Crippen molar-refractivity contribution >= 4 is 15.9 Å². The second-order valence-electron chi connectivity index (χ2n) is 4.29. The fourth-order valence-electron chi connectivity index (χ4n) is 1.67. The molecule has 1 unspecified atom stereocenters. The van der Waals surface area contributed by atoms with E-state index >= 15 is 0 Å². The number of ether oxygens (including phenoxy) is 1. The van der Waals surface area contributed by atoms with Gasteiger partial charge in [-0.05, 0) is 46.5 Å². The summed E-state index contributed by atoms with van der Waals surface area (Å²) >= 11 is 3.42. The summed E-state index contributed by atoms with van der Waals surface area (Å²) in [6.07, 6.45) is 6.91. The van der Waals surface area contributed by atoms with Crippen LogP contribution in [0.25, 0.3) is 0 Å². The van der Waals surface area contributed by atoms with Gasteiger partial charge in [0.05, 0.1) is 5.60 Å². The van der Waals surface area contributed by atoms with Gasteiger partial charge in [0.2, 0.25) is 0 Å². The van der Waals surface area contributed by atoms with Crippen molar-refractivity contribution in [3.63, 3.8) is 0 Å². The average molecular weight is 277 g/mol. The molecule has 0 N–H and O–H groups in total. The van der Waals surface area contributed by atoms with E-state index in [4.69, 9.17) is 4.74 Å². The first-order valence-corrected chi connectivity index (χ1v) is 7.05. The fraction of sp³-hybridized carbons (Fsp3) is 0.846. The summed E-state index contributed by atoms with van der Waals surface area (Å²) in [4.78, 5) is 0. The van der Waals surface area contributed by atoms with Crippen molar-refractivity contribution in [2.45, 2.75) is 59.0 Å². The minimum atomic E-state index is 0.0867. The molecule has 0 amide bonds. The van der Waals surface area contributed by atoms with Crippen molar-refractivity contribution in [1.82, 2.24) is 0 Å². The Bertz CT molecular complexity index is 189. The zero-order chi connectivity index (χ0) is 11.7. The maximum atomic E-state index is 5.79. The molecule has 0 aliphatic carbocycles. The normalized spacial score (nSPS) is 16.5. The van der Waals surface area contributed by atoms with Crippen molar-refractivity contribution in [1.29, 1.82) is 0 Å². The molecule has 0 aliphatic rings. The molecule has 2 heteroatoms. The number of allylic oxidation sites excluding steroid dienone is 2. The van der Waals surface area contributed by atoms with Gasteiger partial charge in [0.15, 0.2) is 0 Å². The van der Waals surface area contributed by atoms with Crippen LogP contribution >= 0.6 is 15.9 Å². The summed E-state index contributed by atoms with van der Waals surface area (Å²) in [6.45, 7) is 9.52. The Kier molecular flexibility index (Phi) is 8.45. The molecule has 0 bridgehead atoms. The van der Waals surface area contributed by atoms with Gasteiger partial charge in [0.1, 0.15) is 0 Å². The third kappa shape index (κ3) is 7.13. The first-order valence-electron chi connectivity index (χ1n) is 5.93. The molecule has 0 rings (SSSR count). The molecular weight excluding hydrogens is 252 g/mol. The molecule has 15 heavy (non-hydrogen) atoms. The SMILES string of the molecule is CCOC(C)(CC)CCCC(C)=CCBr. The Balaban J connectivity index is 3.86. The predicted molar refractivity (Wildman–Crippen MR) is 71.7 cm³/mol. The van der Waals surface area contributed by atoms with Gasteiger partial charge in [-0.15, -0.1) is 0 Å². The fourth-order valence-corrected chi connectivity index (χ4v) is 2.23. The maximum Gasteiger partial charge on any atom is 0.0651 e. The summed E-state index contributed by atoms with van der Waals surface area (Å²) in [7, 11) is 0. The minimum absolute atomic E-state index is 0.0867. The average Bonchev–Trinajstić information content (AvgIpc) is 2.18. The van der Waals surface area contributed by atoms with Gasteiger partial charge in [0.25, 0.3) is 0 Å². The summed E-state index contributed by atoms with van der Waals surface area (Å²) in [5.41, 5.74) is 1.56. The third-order valence-corrected chi connectivity index (χ3v) is 3.27. The third-order valence-electron chi connectivity index (χ3n) is 2.94. The molecule has 0 fully saturated rings. The standard InChI is InChI=1S/C13H25BrO/c1-5-13(4,15-6-2)10-7-8-12(3)9-11-14/h9H,5-8,10-11H2,1-4H3. The van der Waals surface area contributed by atoms with E-state index in [2.05, 4.69) is 49.7 Å². The topological polar surface area (TPSA) is 9.23 Å². The highest BCUT2D eigenvalue weighted by atomic mass is 79.9. The monoisotopic (exact) mass is 276 g/mol. The summed E-state index contributed by atoms with van der Waals surface area (Å²) in [5, 5.41) is 0.968. The van der Waals surface area contributed by atoms with E-state index in [9.17, 15) is 0 Å². The summed E-state index contributed by atoms with van der Waals surface area (Å²) in [5.74, 6) is 0. The predicted octanol–water partition coefficient (Wildman–Crippen LogP) is 4.70. The van der Waals surface area contributed by atoms with Crippen LogP contribution in [0.3, 0.4) is 0 Å². The van der Waals surface area contributed by atoms with Crippen molar-refractivity contribution in [2.24, 2.45) is 0 Å². The Morgan fingerprint density at radius 3 is 2.53 bits per heavy atom. The molecule has 0 aromatic heterocycles. The molecule has 0 saturated carbocycles. The molecule has 1 nitrogen and oxygen atoms in total. The van der Waals surface area contributed by atoms with E-state index in [1.165, 1.54) is 18.4 Å². The highest BCUT2D eigenvalue weighted by molar-refractivity contribution is 9.09. The quantitative estimate of drug-likeness (QED) is 0.461. The number of hydrogen-bond donors (Lipinski definition) is 0. The lowest BCUT2D eigenvalue weighted by atomic mass is 9.94. The van der Waals surface area contributed by atoms with Gasteiger partial charge in [-0.3, -0.25) is 0 Å². The first-order chi connectivity index (χ1) is 7.08. The smallest absolute Gasteiger partial charge is 0.0651 e. The molecule has 0 aliphatic heterocycles. The lowest BCUT2D eigenvalue weighted by molar-refractivity contribution is -0.0348. The largest absolute Gasteiger partial charge is 0.376 e. The van der Waals surface area contributed by atoms with Gasteiger partial charge in [-0.25, -0.2) is 0 Å². The van der Waals surface area contributed by atoms with Crippen molar-refractivity contribution in [2.75, 3.05) is 11.9 Å². The second-order valence-corrected chi connectivity index (χ2v) is 4.94. The molecule has 90 valence electrons.